The Kier molecular flexibility index (Phi) is 6.17. The normalized spacial score (nSPS) is 38.5. The molecule has 0 spiro atoms. The van der Waals surface area contributed by atoms with Gasteiger partial charge in [-0.25, -0.2) is 0 Å². The van der Waals surface area contributed by atoms with Gasteiger partial charge in [0.1, 0.15) is 6.10 Å². The second kappa shape index (κ2) is 9.26. The third kappa shape index (κ3) is 4.01. The number of carbonyl (C=O) groups excluding carboxylic acids is 2. The van der Waals surface area contributed by atoms with Gasteiger partial charge in [-0.3, -0.25) is 9.59 Å². The molecule has 3 saturated carbocycles. The van der Waals surface area contributed by atoms with Crippen LogP contribution in [0.3, 0.4) is 0 Å². The van der Waals surface area contributed by atoms with E-state index in [1.54, 1.807) is 0 Å². The molecule has 8 atom stereocenters. The van der Waals surface area contributed by atoms with E-state index in [1.807, 2.05) is 30.3 Å². The van der Waals surface area contributed by atoms with Crippen LogP contribution in [-0.2, 0) is 9.53 Å². The van der Waals surface area contributed by atoms with Crippen LogP contribution < -0.4 is 0 Å². The third-order valence-electron chi connectivity index (χ3n) is 11.0. The number of hydrogen-bond donors (Lipinski definition) is 0. The number of fused-ring (bicyclic) bond motifs is 5. The predicted octanol–water partition coefficient (Wildman–Crippen LogP) is 7.77. The van der Waals surface area contributed by atoms with Crippen molar-refractivity contribution in [2.24, 2.45) is 34.5 Å². The summed E-state index contributed by atoms with van der Waals surface area (Å²) in [5, 5.41) is 0. The lowest BCUT2D eigenvalue weighted by Gasteiger charge is -2.58. The van der Waals surface area contributed by atoms with Crippen molar-refractivity contribution in [1.29, 1.82) is 0 Å². The molecule has 0 amide bonds. The summed E-state index contributed by atoms with van der Waals surface area (Å²) in [4.78, 5) is 25.8. The van der Waals surface area contributed by atoms with Crippen LogP contribution in [0.25, 0.3) is 0 Å². The number of hydrogen-bond acceptors (Lipinski definition) is 3. The van der Waals surface area contributed by atoms with Crippen molar-refractivity contribution >= 4 is 11.8 Å². The number of esters is 1. The van der Waals surface area contributed by atoms with Gasteiger partial charge in [-0.2, -0.15) is 0 Å². The molecule has 4 aliphatic carbocycles. The molecule has 2 aromatic rings. The number of carbonyl (C=O) groups is 2. The Morgan fingerprint density at radius 2 is 1.59 bits per heavy atom. The molecule has 0 aliphatic heterocycles. The number of ether oxygens (including phenoxy) is 1. The van der Waals surface area contributed by atoms with Gasteiger partial charge in [0.15, 0.2) is 5.78 Å². The smallest absolute Gasteiger partial charge is 0.302 e. The fraction of sp³-hybridized carbons (Fsp3) is 0.529. The first-order valence-corrected chi connectivity index (χ1v) is 14.3. The van der Waals surface area contributed by atoms with Crippen LogP contribution in [0, 0.1) is 34.5 Å². The van der Waals surface area contributed by atoms with Crippen molar-refractivity contribution < 1.29 is 14.3 Å². The van der Waals surface area contributed by atoms with E-state index in [4.69, 9.17) is 4.74 Å². The monoisotopic (exact) mass is 496 g/mol. The molecule has 0 N–H and O–H groups in total. The van der Waals surface area contributed by atoms with Gasteiger partial charge in [-0.15, -0.1) is 0 Å². The van der Waals surface area contributed by atoms with Gasteiger partial charge in [0, 0.05) is 24.8 Å². The van der Waals surface area contributed by atoms with Crippen LogP contribution >= 0.6 is 0 Å². The first-order chi connectivity index (χ1) is 17.8. The zero-order valence-electron chi connectivity index (χ0n) is 22.5. The van der Waals surface area contributed by atoms with Crippen molar-refractivity contribution in [3.8, 4) is 0 Å². The standard InChI is InChI=1S/C34H40O3/c1-22(35)37-26-16-18-33(2)25(20-26)14-15-27-29(33)17-19-34(3)30(27)21-28(23-10-6-4-7-11-23)31(34)32(36)24-12-8-5-9-13-24/h4-14,26-31H,15-21H2,1-3H3/t26-,27+,28+,29-,30+,31+,33+,34+/m1/s1. The van der Waals surface area contributed by atoms with Gasteiger partial charge in [-0.05, 0) is 78.6 Å². The summed E-state index contributed by atoms with van der Waals surface area (Å²) in [6.45, 7) is 6.46. The summed E-state index contributed by atoms with van der Waals surface area (Å²) >= 11 is 0. The second-order valence-corrected chi connectivity index (χ2v) is 12.7. The summed E-state index contributed by atoms with van der Waals surface area (Å²) in [5.74, 6) is 2.24. The zero-order valence-corrected chi connectivity index (χ0v) is 22.5. The van der Waals surface area contributed by atoms with Crippen LogP contribution in [0.1, 0.15) is 87.6 Å². The number of Topliss-reactive ketones (excluding diaryl/α,β-unsaturated/α-hetero) is 1. The van der Waals surface area contributed by atoms with E-state index in [2.05, 4.69) is 50.3 Å². The van der Waals surface area contributed by atoms with Crippen LogP contribution in [0.4, 0.5) is 0 Å². The van der Waals surface area contributed by atoms with Crippen LogP contribution in [0.15, 0.2) is 72.3 Å². The predicted molar refractivity (Wildman–Crippen MR) is 146 cm³/mol. The quantitative estimate of drug-likeness (QED) is 0.247. The third-order valence-corrected chi connectivity index (χ3v) is 11.0. The van der Waals surface area contributed by atoms with Gasteiger partial charge in [0.2, 0.25) is 0 Å². The molecule has 194 valence electrons. The van der Waals surface area contributed by atoms with Gasteiger partial charge >= 0.3 is 5.97 Å². The molecule has 0 aromatic heterocycles. The van der Waals surface area contributed by atoms with Crippen molar-refractivity contribution in [3.63, 3.8) is 0 Å². The number of benzene rings is 2. The molecule has 0 bridgehead atoms. The zero-order chi connectivity index (χ0) is 25.8. The molecular formula is C34H40O3. The maximum atomic E-state index is 14.2. The fourth-order valence-electron chi connectivity index (χ4n) is 9.30. The maximum Gasteiger partial charge on any atom is 0.302 e. The van der Waals surface area contributed by atoms with Crippen LogP contribution in [-0.4, -0.2) is 17.9 Å². The molecule has 3 nitrogen and oxygen atoms in total. The van der Waals surface area contributed by atoms with E-state index in [0.717, 1.165) is 44.1 Å². The Morgan fingerprint density at radius 1 is 0.892 bits per heavy atom. The van der Waals surface area contributed by atoms with Crippen molar-refractivity contribution in [3.05, 3.63) is 83.4 Å². The Hall–Kier alpha value is -2.68. The first-order valence-electron chi connectivity index (χ1n) is 14.3. The molecular weight excluding hydrogens is 456 g/mol. The molecule has 2 aromatic carbocycles. The molecule has 3 fully saturated rings. The van der Waals surface area contributed by atoms with E-state index in [0.29, 0.717) is 23.5 Å². The molecule has 37 heavy (non-hydrogen) atoms. The molecule has 6 rings (SSSR count). The van der Waals surface area contributed by atoms with Crippen LogP contribution in [0.2, 0.25) is 0 Å². The van der Waals surface area contributed by atoms with E-state index in [9.17, 15) is 9.59 Å². The SMILES string of the molecule is CC(=O)O[C@@H]1CC[C@@]2(C)C(=CC[C@H]3[C@H]2CC[C@]2(C)[C@H](C(=O)c4ccccc4)[C@H](c4ccccc4)C[C@@H]32)C1. The van der Waals surface area contributed by atoms with E-state index in [-0.39, 0.29) is 34.7 Å². The lowest BCUT2D eigenvalue weighted by atomic mass is 9.47. The summed E-state index contributed by atoms with van der Waals surface area (Å²) in [5.41, 5.74) is 3.89. The highest BCUT2D eigenvalue weighted by Gasteiger charge is 2.62. The van der Waals surface area contributed by atoms with E-state index in [1.165, 1.54) is 24.5 Å². The second-order valence-electron chi connectivity index (χ2n) is 12.7. The molecule has 4 aliphatic rings. The van der Waals surface area contributed by atoms with Crippen molar-refractivity contribution in [1.82, 2.24) is 0 Å². The highest BCUT2D eigenvalue weighted by atomic mass is 16.5. The molecule has 0 radical (unpaired) electrons. The largest absolute Gasteiger partial charge is 0.462 e. The topological polar surface area (TPSA) is 43.4 Å². The lowest BCUT2D eigenvalue weighted by molar-refractivity contribution is -0.148. The fourth-order valence-corrected chi connectivity index (χ4v) is 9.30. The van der Waals surface area contributed by atoms with E-state index < -0.39 is 0 Å². The molecule has 0 unspecified atom stereocenters. The maximum absolute atomic E-state index is 14.2. The minimum absolute atomic E-state index is 0.00520. The van der Waals surface area contributed by atoms with Crippen molar-refractivity contribution in [2.45, 2.75) is 77.7 Å². The lowest BCUT2D eigenvalue weighted by Crippen LogP contribution is -2.51. The number of rotatable bonds is 4. The van der Waals surface area contributed by atoms with Crippen molar-refractivity contribution in [2.75, 3.05) is 0 Å². The Balaban J connectivity index is 1.35. The van der Waals surface area contributed by atoms with Gasteiger partial charge in [-0.1, -0.05) is 86.2 Å². The molecule has 0 heterocycles. The summed E-state index contributed by atoms with van der Waals surface area (Å²) in [6.07, 6.45) is 9.97. The van der Waals surface area contributed by atoms with Gasteiger partial charge in [0.25, 0.3) is 0 Å². The van der Waals surface area contributed by atoms with Gasteiger partial charge in [0.05, 0.1) is 0 Å². The highest BCUT2D eigenvalue weighted by Crippen LogP contribution is 2.69. The average molecular weight is 497 g/mol. The number of ketones is 1. The average Bonchev–Trinajstić information content (AvgIpc) is 3.22. The minimum atomic E-state index is -0.164. The summed E-state index contributed by atoms with van der Waals surface area (Å²) in [6, 6.07) is 20.8. The summed E-state index contributed by atoms with van der Waals surface area (Å²) < 4.78 is 5.63. The summed E-state index contributed by atoms with van der Waals surface area (Å²) in [7, 11) is 0. The number of allylic oxidation sites excluding steroid dienone is 1. The minimum Gasteiger partial charge on any atom is -0.462 e. The van der Waals surface area contributed by atoms with Gasteiger partial charge < -0.3 is 4.74 Å². The van der Waals surface area contributed by atoms with E-state index >= 15 is 0 Å². The molecule has 0 saturated heterocycles. The Labute approximate surface area is 221 Å². The highest BCUT2D eigenvalue weighted by molar-refractivity contribution is 5.99. The molecule has 3 heteroatoms. The van der Waals surface area contributed by atoms with Crippen LogP contribution in [0.5, 0.6) is 0 Å². The Bertz CT molecular complexity index is 1200. The Morgan fingerprint density at radius 3 is 2.30 bits per heavy atom. The first kappa shape index (κ1) is 24.6.